The van der Waals surface area contributed by atoms with E-state index in [0.717, 1.165) is 6.08 Å². The highest BCUT2D eigenvalue weighted by Gasteiger charge is 2.27. The Labute approximate surface area is 90.6 Å². The minimum Gasteiger partial charge on any atom is -0.465 e. The Hall–Kier alpha value is -1.69. The summed E-state index contributed by atoms with van der Waals surface area (Å²) in [4.78, 5) is 11.0. The number of rotatable bonds is 5. The van der Waals surface area contributed by atoms with Crippen LogP contribution in [0, 0.1) is 0 Å². The van der Waals surface area contributed by atoms with Gasteiger partial charge in [0.2, 0.25) is 5.91 Å². The molecular weight excluding hydrogens is 220 g/mol. The molecule has 0 fully saturated rings. The molecule has 16 heavy (non-hydrogen) atoms. The highest BCUT2D eigenvalue weighted by atomic mass is 19.3. The lowest BCUT2D eigenvalue weighted by atomic mass is 10.3. The van der Waals surface area contributed by atoms with Crippen LogP contribution in [0.4, 0.5) is 8.78 Å². The summed E-state index contributed by atoms with van der Waals surface area (Å²) in [5, 5.41) is 10.2. The van der Waals surface area contributed by atoms with Gasteiger partial charge in [0.15, 0.2) is 0 Å². The van der Waals surface area contributed by atoms with E-state index in [4.69, 9.17) is 9.52 Å². The van der Waals surface area contributed by atoms with Gasteiger partial charge in [-0.3, -0.25) is 4.79 Å². The molecule has 1 heterocycles. The van der Waals surface area contributed by atoms with Crippen molar-refractivity contribution in [3.8, 4) is 0 Å². The second-order valence-electron chi connectivity index (χ2n) is 3.08. The Balaban J connectivity index is 2.37. The van der Waals surface area contributed by atoms with Gasteiger partial charge >= 0.3 is 0 Å². The lowest BCUT2D eigenvalue weighted by molar-refractivity contribution is -0.119. The minimum absolute atomic E-state index is 0.448. The fourth-order valence-electron chi connectivity index (χ4n) is 0.875. The fraction of sp³-hybridized carbons (Fsp3) is 0.300. The smallest absolute Gasteiger partial charge is 0.287 e. The van der Waals surface area contributed by atoms with Gasteiger partial charge in [0.25, 0.3) is 5.92 Å². The van der Waals surface area contributed by atoms with Crippen LogP contribution in [0.5, 0.6) is 0 Å². The summed E-state index contributed by atoms with van der Waals surface area (Å²) in [5.41, 5.74) is 0. The quantitative estimate of drug-likeness (QED) is 0.744. The van der Waals surface area contributed by atoms with Crippen molar-refractivity contribution in [3.05, 3.63) is 30.2 Å². The molecule has 0 aromatic carbocycles. The maximum atomic E-state index is 12.5. The van der Waals surface area contributed by atoms with Crippen molar-refractivity contribution in [1.82, 2.24) is 5.32 Å². The molecule has 0 aliphatic carbocycles. The van der Waals surface area contributed by atoms with Gasteiger partial charge in [-0.2, -0.15) is 0 Å². The number of carbonyl (C=O) groups is 1. The van der Waals surface area contributed by atoms with E-state index >= 15 is 0 Å². The van der Waals surface area contributed by atoms with E-state index in [1.165, 1.54) is 12.3 Å². The SMILES string of the molecule is O=C(/C=C/c1ccco1)NCC(F)(F)CO. The van der Waals surface area contributed by atoms with E-state index in [9.17, 15) is 13.6 Å². The Morgan fingerprint density at radius 2 is 2.38 bits per heavy atom. The van der Waals surface area contributed by atoms with Crippen LogP contribution >= 0.6 is 0 Å². The first kappa shape index (κ1) is 12.4. The van der Waals surface area contributed by atoms with Gasteiger partial charge in [-0.15, -0.1) is 0 Å². The van der Waals surface area contributed by atoms with Crippen LogP contribution in [0.25, 0.3) is 6.08 Å². The van der Waals surface area contributed by atoms with Crippen molar-refractivity contribution in [2.75, 3.05) is 13.2 Å². The molecule has 0 atom stereocenters. The van der Waals surface area contributed by atoms with Gasteiger partial charge in [0, 0.05) is 6.08 Å². The first-order chi connectivity index (χ1) is 7.53. The summed E-state index contributed by atoms with van der Waals surface area (Å²) in [5.74, 6) is -3.53. The molecule has 0 saturated carbocycles. The monoisotopic (exact) mass is 231 g/mol. The van der Waals surface area contributed by atoms with Crippen molar-refractivity contribution in [2.24, 2.45) is 0 Å². The Bertz CT molecular complexity index is 360. The summed E-state index contributed by atoms with van der Waals surface area (Å²) in [6, 6.07) is 3.25. The zero-order valence-electron chi connectivity index (χ0n) is 8.32. The molecule has 88 valence electrons. The molecule has 4 nitrogen and oxygen atoms in total. The van der Waals surface area contributed by atoms with Crippen molar-refractivity contribution >= 4 is 12.0 Å². The van der Waals surface area contributed by atoms with Gasteiger partial charge in [0.05, 0.1) is 12.8 Å². The van der Waals surface area contributed by atoms with E-state index < -0.39 is 25.0 Å². The van der Waals surface area contributed by atoms with E-state index in [2.05, 4.69) is 0 Å². The largest absolute Gasteiger partial charge is 0.465 e. The van der Waals surface area contributed by atoms with Crippen LogP contribution in [-0.4, -0.2) is 30.1 Å². The third-order valence-electron chi connectivity index (χ3n) is 1.69. The lowest BCUT2D eigenvalue weighted by Crippen LogP contribution is -2.38. The molecule has 1 rings (SSSR count). The van der Waals surface area contributed by atoms with Crippen molar-refractivity contribution < 1.29 is 23.1 Å². The van der Waals surface area contributed by atoms with E-state index in [1.54, 1.807) is 12.1 Å². The third-order valence-corrected chi connectivity index (χ3v) is 1.69. The molecule has 0 bridgehead atoms. The van der Waals surface area contributed by atoms with E-state index in [1.807, 2.05) is 5.32 Å². The number of amides is 1. The Kier molecular flexibility index (Phi) is 4.19. The van der Waals surface area contributed by atoms with Crippen LogP contribution in [0.1, 0.15) is 5.76 Å². The molecule has 0 aliphatic rings. The van der Waals surface area contributed by atoms with Gasteiger partial charge < -0.3 is 14.8 Å². The van der Waals surface area contributed by atoms with Gasteiger partial charge in [0.1, 0.15) is 12.4 Å². The molecule has 1 amide bonds. The summed E-state index contributed by atoms with van der Waals surface area (Å²) in [6.45, 7) is -2.19. The van der Waals surface area contributed by atoms with E-state index in [-0.39, 0.29) is 0 Å². The molecule has 0 radical (unpaired) electrons. The minimum atomic E-state index is -3.30. The average molecular weight is 231 g/mol. The maximum absolute atomic E-state index is 12.5. The molecule has 0 aliphatic heterocycles. The van der Waals surface area contributed by atoms with Crippen molar-refractivity contribution in [2.45, 2.75) is 5.92 Å². The van der Waals surface area contributed by atoms with Crippen LogP contribution in [0.3, 0.4) is 0 Å². The number of carbonyl (C=O) groups excluding carboxylic acids is 1. The van der Waals surface area contributed by atoms with E-state index in [0.29, 0.717) is 5.76 Å². The normalized spacial score (nSPS) is 11.9. The van der Waals surface area contributed by atoms with Crippen LogP contribution < -0.4 is 5.32 Å². The van der Waals surface area contributed by atoms with Gasteiger partial charge in [-0.1, -0.05) is 0 Å². The number of aliphatic hydroxyl groups excluding tert-OH is 1. The Morgan fingerprint density at radius 1 is 1.62 bits per heavy atom. The number of halogens is 2. The topological polar surface area (TPSA) is 62.5 Å². The molecule has 0 saturated heterocycles. The maximum Gasteiger partial charge on any atom is 0.287 e. The van der Waals surface area contributed by atoms with Crippen LogP contribution in [0.2, 0.25) is 0 Å². The zero-order valence-corrected chi connectivity index (χ0v) is 8.32. The zero-order chi connectivity index (χ0) is 12.0. The first-order valence-corrected chi connectivity index (χ1v) is 4.51. The summed E-state index contributed by atoms with van der Waals surface area (Å²) >= 11 is 0. The lowest BCUT2D eigenvalue weighted by Gasteiger charge is -2.12. The average Bonchev–Trinajstić information content (AvgIpc) is 2.76. The molecular formula is C10H11F2NO3. The van der Waals surface area contributed by atoms with Crippen LogP contribution in [0.15, 0.2) is 28.9 Å². The molecule has 6 heteroatoms. The van der Waals surface area contributed by atoms with Crippen LogP contribution in [-0.2, 0) is 4.79 Å². The van der Waals surface area contributed by atoms with Gasteiger partial charge in [-0.25, -0.2) is 8.78 Å². The molecule has 0 unspecified atom stereocenters. The van der Waals surface area contributed by atoms with Crippen molar-refractivity contribution in [3.63, 3.8) is 0 Å². The second kappa shape index (κ2) is 5.41. The number of aliphatic hydroxyl groups is 1. The number of alkyl halides is 2. The number of furan rings is 1. The summed E-state index contributed by atoms with van der Waals surface area (Å²) in [6.07, 6.45) is 3.86. The predicted molar refractivity (Wildman–Crippen MR) is 52.8 cm³/mol. The number of nitrogens with one attached hydrogen (secondary N) is 1. The summed E-state index contributed by atoms with van der Waals surface area (Å²) in [7, 11) is 0. The highest BCUT2D eigenvalue weighted by molar-refractivity contribution is 5.91. The first-order valence-electron chi connectivity index (χ1n) is 4.51. The summed E-state index contributed by atoms with van der Waals surface area (Å²) < 4.78 is 29.9. The third kappa shape index (κ3) is 4.22. The highest BCUT2D eigenvalue weighted by Crippen LogP contribution is 2.09. The molecule has 0 spiro atoms. The van der Waals surface area contributed by atoms with Crippen molar-refractivity contribution in [1.29, 1.82) is 0 Å². The standard InChI is InChI=1S/C10H11F2NO3/c11-10(12,7-14)6-13-9(15)4-3-8-2-1-5-16-8/h1-5,14H,6-7H2,(H,13,15)/b4-3+. The predicted octanol–water partition coefficient (Wildman–Crippen LogP) is 1.04. The molecule has 1 aromatic heterocycles. The van der Waals surface area contributed by atoms with Gasteiger partial charge in [-0.05, 0) is 18.2 Å². The second-order valence-corrected chi connectivity index (χ2v) is 3.08. The number of hydrogen-bond donors (Lipinski definition) is 2. The molecule has 1 aromatic rings. The Morgan fingerprint density at radius 3 is 2.94 bits per heavy atom. The molecule has 2 N–H and O–H groups in total. The fourth-order valence-corrected chi connectivity index (χ4v) is 0.875. The number of hydrogen-bond acceptors (Lipinski definition) is 3.